The number of hydrogen-bond donors (Lipinski definition) is 2. The molecule has 0 aliphatic rings. The predicted octanol–water partition coefficient (Wildman–Crippen LogP) is 2.16. The van der Waals surface area contributed by atoms with Crippen LogP contribution in [0.3, 0.4) is 0 Å². The molecular formula is C15H18N8O. The molecule has 0 saturated carbocycles. The molecule has 24 heavy (non-hydrogen) atoms. The number of hydrogen-bond acceptors (Lipinski definition) is 5. The predicted molar refractivity (Wildman–Crippen MR) is 88.9 cm³/mol. The van der Waals surface area contributed by atoms with Crippen molar-refractivity contribution >= 4 is 17.4 Å². The van der Waals surface area contributed by atoms with E-state index in [-0.39, 0.29) is 6.03 Å². The van der Waals surface area contributed by atoms with Crippen LogP contribution in [0.2, 0.25) is 0 Å². The Morgan fingerprint density at radius 3 is 2.92 bits per heavy atom. The van der Waals surface area contributed by atoms with Gasteiger partial charge >= 0.3 is 6.03 Å². The molecular weight excluding hydrogens is 308 g/mol. The Kier molecular flexibility index (Phi) is 4.50. The van der Waals surface area contributed by atoms with Crippen LogP contribution in [0.5, 0.6) is 0 Å². The van der Waals surface area contributed by atoms with Gasteiger partial charge in [0.1, 0.15) is 12.7 Å². The molecule has 9 nitrogen and oxygen atoms in total. The fourth-order valence-corrected chi connectivity index (χ4v) is 2.18. The molecule has 0 aliphatic carbocycles. The van der Waals surface area contributed by atoms with Crippen LogP contribution in [0.25, 0.3) is 5.82 Å². The highest BCUT2D eigenvalue weighted by molar-refractivity contribution is 6.00. The third-order valence-electron chi connectivity index (χ3n) is 3.11. The van der Waals surface area contributed by atoms with E-state index in [2.05, 4.69) is 44.6 Å². The third kappa shape index (κ3) is 3.75. The SMILES string of the molecule is CC(C)Cn1cc(NC(=O)Nc2cccnc2-n2cncn2)cn1. The highest BCUT2D eigenvalue weighted by atomic mass is 16.2. The Balaban J connectivity index is 1.68. The number of amides is 2. The van der Waals surface area contributed by atoms with Gasteiger partial charge in [0.2, 0.25) is 0 Å². The van der Waals surface area contributed by atoms with E-state index in [0.717, 1.165) is 6.54 Å². The summed E-state index contributed by atoms with van der Waals surface area (Å²) in [5.74, 6) is 0.966. The summed E-state index contributed by atoms with van der Waals surface area (Å²) in [5, 5.41) is 13.8. The van der Waals surface area contributed by atoms with Crippen LogP contribution in [0.15, 0.2) is 43.4 Å². The van der Waals surface area contributed by atoms with E-state index in [9.17, 15) is 4.79 Å². The third-order valence-corrected chi connectivity index (χ3v) is 3.11. The van der Waals surface area contributed by atoms with Crippen molar-refractivity contribution in [1.82, 2.24) is 29.5 Å². The summed E-state index contributed by atoms with van der Waals surface area (Å²) in [7, 11) is 0. The molecule has 3 heterocycles. The van der Waals surface area contributed by atoms with Crippen LogP contribution in [0.1, 0.15) is 13.8 Å². The standard InChI is InChI=1S/C15H18N8O/c1-11(2)7-22-8-12(6-18-22)20-15(24)21-13-4-3-5-17-14(13)23-10-16-9-19-23/h3-6,8-11H,7H2,1-2H3,(H2,20,21,24). The van der Waals surface area contributed by atoms with Crippen LogP contribution in [0, 0.1) is 5.92 Å². The topological polar surface area (TPSA) is 103 Å². The average Bonchev–Trinajstić information content (AvgIpc) is 3.19. The van der Waals surface area contributed by atoms with Crippen molar-refractivity contribution in [2.24, 2.45) is 5.92 Å². The first-order chi connectivity index (χ1) is 11.6. The molecule has 0 bridgehead atoms. The van der Waals surface area contributed by atoms with Gasteiger partial charge in [-0.05, 0) is 18.1 Å². The molecule has 0 saturated heterocycles. The lowest BCUT2D eigenvalue weighted by Gasteiger charge is -2.09. The molecule has 0 spiro atoms. The zero-order valence-electron chi connectivity index (χ0n) is 13.4. The highest BCUT2D eigenvalue weighted by Gasteiger charge is 2.11. The van der Waals surface area contributed by atoms with Gasteiger partial charge in [-0.15, -0.1) is 0 Å². The molecule has 3 aromatic heterocycles. The monoisotopic (exact) mass is 326 g/mol. The van der Waals surface area contributed by atoms with Crippen molar-refractivity contribution in [3.63, 3.8) is 0 Å². The van der Waals surface area contributed by atoms with E-state index in [1.165, 1.54) is 17.3 Å². The van der Waals surface area contributed by atoms with Gasteiger partial charge in [0.25, 0.3) is 0 Å². The van der Waals surface area contributed by atoms with Gasteiger partial charge in [-0.3, -0.25) is 4.68 Å². The molecule has 2 N–H and O–H groups in total. The molecule has 3 rings (SSSR count). The summed E-state index contributed by atoms with van der Waals surface area (Å²) < 4.78 is 3.28. The number of pyridine rings is 1. The maximum Gasteiger partial charge on any atom is 0.323 e. The molecule has 3 aromatic rings. The molecule has 2 amide bonds. The van der Waals surface area contributed by atoms with E-state index >= 15 is 0 Å². The lowest BCUT2D eigenvalue weighted by atomic mass is 10.2. The average molecular weight is 326 g/mol. The largest absolute Gasteiger partial charge is 0.323 e. The smallest absolute Gasteiger partial charge is 0.305 e. The molecule has 0 unspecified atom stereocenters. The van der Waals surface area contributed by atoms with Crippen molar-refractivity contribution < 1.29 is 4.79 Å². The molecule has 9 heteroatoms. The van der Waals surface area contributed by atoms with E-state index < -0.39 is 0 Å². The number of carbonyl (C=O) groups is 1. The quantitative estimate of drug-likeness (QED) is 0.748. The second kappa shape index (κ2) is 6.90. The minimum atomic E-state index is -0.381. The Labute approximate surface area is 138 Å². The Bertz CT molecular complexity index is 809. The van der Waals surface area contributed by atoms with E-state index in [4.69, 9.17) is 0 Å². The number of aromatic nitrogens is 6. The molecule has 124 valence electrons. The number of rotatable bonds is 5. The Morgan fingerprint density at radius 2 is 2.17 bits per heavy atom. The zero-order valence-corrected chi connectivity index (χ0v) is 13.4. The summed E-state index contributed by atoms with van der Waals surface area (Å²) >= 11 is 0. The van der Waals surface area contributed by atoms with Gasteiger partial charge in [0, 0.05) is 18.9 Å². The fourth-order valence-electron chi connectivity index (χ4n) is 2.18. The van der Waals surface area contributed by atoms with E-state index in [1.54, 1.807) is 35.4 Å². The number of urea groups is 1. The summed E-state index contributed by atoms with van der Waals surface area (Å²) in [6, 6.07) is 3.09. The highest BCUT2D eigenvalue weighted by Crippen LogP contribution is 2.16. The lowest BCUT2D eigenvalue weighted by Crippen LogP contribution is -2.20. The van der Waals surface area contributed by atoms with Gasteiger partial charge in [-0.25, -0.2) is 19.4 Å². The normalized spacial score (nSPS) is 10.8. The first-order valence-corrected chi connectivity index (χ1v) is 7.52. The zero-order chi connectivity index (χ0) is 16.9. The van der Waals surface area contributed by atoms with Crippen LogP contribution < -0.4 is 10.6 Å². The molecule has 0 atom stereocenters. The summed E-state index contributed by atoms with van der Waals surface area (Å²) in [6.45, 7) is 5.01. The maximum atomic E-state index is 12.2. The molecule has 0 aliphatic heterocycles. The van der Waals surface area contributed by atoms with E-state index in [0.29, 0.717) is 23.1 Å². The number of carbonyl (C=O) groups excluding carboxylic acids is 1. The fraction of sp³-hybridized carbons (Fsp3) is 0.267. The lowest BCUT2D eigenvalue weighted by molar-refractivity contribution is 0.262. The second-order valence-electron chi connectivity index (χ2n) is 5.64. The van der Waals surface area contributed by atoms with E-state index in [1.807, 2.05) is 0 Å². The minimum Gasteiger partial charge on any atom is -0.305 e. The van der Waals surface area contributed by atoms with Crippen LogP contribution >= 0.6 is 0 Å². The van der Waals surface area contributed by atoms with Crippen molar-refractivity contribution in [3.8, 4) is 5.82 Å². The second-order valence-corrected chi connectivity index (χ2v) is 5.64. The van der Waals surface area contributed by atoms with Gasteiger partial charge in [0.05, 0.1) is 17.6 Å². The van der Waals surface area contributed by atoms with Gasteiger partial charge in [0.15, 0.2) is 5.82 Å². The molecule has 0 fully saturated rings. The van der Waals surface area contributed by atoms with Gasteiger partial charge < -0.3 is 10.6 Å². The Morgan fingerprint density at radius 1 is 1.29 bits per heavy atom. The van der Waals surface area contributed by atoms with Gasteiger partial charge in [-0.2, -0.15) is 10.2 Å². The van der Waals surface area contributed by atoms with Crippen molar-refractivity contribution in [3.05, 3.63) is 43.4 Å². The van der Waals surface area contributed by atoms with Crippen LogP contribution in [-0.2, 0) is 6.54 Å². The van der Waals surface area contributed by atoms with Gasteiger partial charge in [-0.1, -0.05) is 13.8 Å². The maximum absolute atomic E-state index is 12.2. The first kappa shape index (κ1) is 15.7. The molecule has 0 radical (unpaired) electrons. The summed E-state index contributed by atoms with van der Waals surface area (Å²) in [5.41, 5.74) is 1.15. The number of nitrogens with one attached hydrogen (secondary N) is 2. The van der Waals surface area contributed by atoms with Crippen molar-refractivity contribution in [2.45, 2.75) is 20.4 Å². The molecule has 0 aromatic carbocycles. The van der Waals surface area contributed by atoms with Crippen molar-refractivity contribution in [1.29, 1.82) is 0 Å². The Hall–Kier alpha value is -3.23. The van der Waals surface area contributed by atoms with Crippen molar-refractivity contribution in [2.75, 3.05) is 10.6 Å². The first-order valence-electron chi connectivity index (χ1n) is 7.52. The minimum absolute atomic E-state index is 0.381. The van der Waals surface area contributed by atoms with Crippen LogP contribution in [-0.4, -0.2) is 35.6 Å². The number of nitrogens with zero attached hydrogens (tertiary/aromatic N) is 6. The van der Waals surface area contributed by atoms with Crippen LogP contribution in [0.4, 0.5) is 16.2 Å². The number of anilines is 2. The summed E-state index contributed by atoms with van der Waals surface area (Å²) in [4.78, 5) is 20.3. The summed E-state index contributed by atoms with van der Waals surface area (Å²) in [6.07, 6.45) is 7.95.